The molecule has 0 aliphatic rings. The highest BCUT2D eigenvalue weighted by Gasteiger charge is 2.12. The number of hydrogen-bond acceptors (Lipinski definition) is 2. The number of aromatic nitrogens is 1. The first-order valence-electron chi connectivity index (χ1n) is 6.72. The zero-order valence-electron chi connectivity index (χ0n) is 11.6. The summed E-state index contributed by atoms with van der Waals surface area (Å²) in [7, 11) is 0. The van der Waals surface area contributed by atoms with Crippen LogP contribution in [0.2, 0.25) is 5.02 Å². The predicted octanol–water partition coefficient (Wildman–Crippen LogP) is 2.96. The van der Waals surface area contributed by atoms with Gasteiger partial charge in [0.15, 0.2) is 0 Å². The van der Waals surface area contributed by atoms with Crippen molar-refractivity contribution in [1.82, 2.24) is 10.3 Å². The van der Waals surface area contributed by atoms with Crippen LogP contribution in [0.4, 0.5) is 0 Å². The molecule has 0 bridgehead atoms. The van der Waals surface area contributed by atoms with Gasteiger partial charge in [-0.2, -0.15) is 0 Å². The summed E-state index contributed by atoms with van der Waals surface area (Å²) in [4.78, 5) is 15.0. The van der Waals surface area contributed by atoms with Crippen LogP contribution in [-0.2, 0) is 0 Å². The number of aliphatic hydroxyl groups is 1. The molecular formula is C15H19ClN2O2. The van der Waals surface area contributed by atoms with E-state index in [-0.39, 0.29) is 11.8 Å². The Bertz CT molecular complexity index is 607. The number of rotatable bonds is 5. The molecule has 1 atom stereocenters. The second kappa shape index (κ2) is 6.29. The summed E-state index contributed by atoms with van der Waals surface area (Å²) in [5.41, 5.74) is 1.38. The average molecular weight is 295 g/mol. The Hall–Kier alpha value is -1.52. The third kappa shape index (κ3) is 3.52. The molecule has 1 aromatic carbocycles. The van der Waals surface area contributed by atoms with Crippen molar-refractivity contribution in [3.8, 4) is 0 Å². The number of H-pyrrole nitrogens is 1. The van der Waals surface area contributed by atoms with E-state index in [4.69, 9.17) is 11.6 Å². The van der Waals surface area contributed by atoms with Crippen molar-refractivity contribution >= 4 is 28.4 Å². The molecule has 1 unspecified atom stereocenters. The molecule has 0 aliphatic heterocycles. The smallest absolute Gasteiger partial charge is 0.267 e. The summed E-state index contributed by atoms with van der Waals surface area (Å²) in [6.45, 7) is 4.36. The lowest BCUT2D eigenvalue weighted by atomic mass is 10.0. The van der Waals surface area contributed by atoms with E-state index in [1.54, 1.807) is 12.1 Å². The number of amides is 1. The van der Waals surface area contributed by atoms with Gasteiger partial charge in [-0.1, -0.05) is 25.4 Å². The third-order valence-electron chi connectivity index (χ3n) is 3.32. The van der Waals surface area contributed by atoms with E-state index in [1.807, 2.05) is 26.0 Å². The van der Waals surface area contributed by atoms with Crippen molar-refractivity contribution in [2.45, 2.75) is 26.4 Å². The zero-order valence-corrected chi connectivity index (χ0v) is 12.4. The number of aromatic amines is 1. The van der Waals surface area contributed by atoms with Crippen LogP contribution in [0, 0.1) is 5.92 Å². The van der Waals surface area contributed by atoms with Gasteiger partial charge in [0.2, 0.25) is 0 Å². The van der Waals surface area contributed by atoms with E-state index in [2.05, 4.69) is 10.3 Å². The number of carbonyl (C=O) groups excluding carboxylic acids is 1. The topological polar surface area (TPSA) is 65.1 Å². The fraction of sp³-hybridized carbons (Fsp3) is 0.400. The van der Waals surface area contributed by atoms with Gasteiger partial charge < -0.3 is 15.4 Å². The highest BCUT2D eigenvalue weighted by Crippen LogP contribution is 2.20. The van der Waals surface area contributed by atoms with E-state index in [9.17, 15) is 9.90 Å². The van der Waals surface area contributed by atoms with Crippen molar-refractivity contribution in [2.24, 2.45) is 5.92 Å². The number of nitrogens with one attached hydrogen (secondary N) is 2. The van der Waals surface area contributed by atoms with Gasteiger partial charge >= 0.3 is 0 Å². The van der Waals surface area contributed by atoms with Crippen molar-refractivity contribution in [2.75, 3.05) is 6.54 Å². The molecule has 3 N–H and O–H groups in total. The average Bonchev–Trinajstić information content (AvgIpc) is 2.81. The van der Waals surface area contributed by atoms with Gasteiger partial charge in [-0.15, -0.1) is 0 Å². The van der Waals surface area contributed by atoms with Gasteiger partial charge in [-0.25, -0.2) is 0 Å². The number of aliphatic hydroxyl groups excluding tert-OH is 1. The Labute approximate surface area is 123 Å². The summed E-state index contributed by atoms with van der Waals surface area (Å²) in [6.07, 6.45) is 0.159. The van der Waals surface area contributed by atoms with Crippen LogP contribution in [0.25, 0.3) is 10.9 Å². The molecule has 20 heavy (non-hydrogen) atoms. The molecule has 0 fully saturated rings. The highest BCUT2D eigenvalue weighted by atomic mass is 35.5. The molecule has 0 spiro atoms. The summed E-state index contributed by atoms with van der Waals surface area (Å²) in [5, 5.41) is 14.0. The summed E-state index contributed by atoms with van der Waals surface area (Å²) >= 11 is 5.91. The molecule has 5 heteroatoms. The van der Waals surface area contributed by atoms with Gasteiger partial charge in [0.25, 0.3) is 5.91 Å². The molecule has 4 nitrogen and oxygen atoms in total. The monoisotopic (exact) mass is 294 g/mol. The summed E-state index contributed by atoms with van der Waals surface area (Å²) in [5.74, 6) is 0.0235. The van der Waals surface area contributed by atoms with Crippen LogP contribution in [0.5, 0.6) is 0 Å². The fourth-order valence-electron chi connectivity index (χ4n) is 1.99. The minimum absolute atomic E-state index is 0.173. The normalized spacial score (nSPS) is 12.8. The molecule has 2 aromatic rings. The molecular weight excluding hydrogens is 276 g/mol. The van der Waals surface area contributed by atoms with Crippen molar-refractivity contribution in [1.29, 1.82) is 0 Å². The molecule has 0 saturated heterocycles. The van der Waals surface area contributed by atoms with Crippen molar-refractivity contribution < 1.29 is 9.90 Å². The van der Waals surface area contributed by atoms with Gasteiger partial charge in [0, 0.05) is 22.5 Å². The van der Waals surface area contributed by atoms with Crippen LogP contribution < -0.4 is 5.32 Å². The lowest BCUT2D eigenvalue weighted by molar-refractivity contribution is 0.0916. The van der Waals surface area contributed by atoms with Gasteiger partial charge in [-0.05, 0) is 36.6 Å². The Kier molecular flexibility index (Phi) is 4.68. The van der Waals surface area contributed by atoms with E-state index in [0.29, 0.717) is 23.7 Å². The quantitative estimate of drug-likeness (QED) is 0.794. The lowest BCUT2D eigenvalue weighted by Gasteiger charge is -2.14. The zero-order chi connectivity index (χ0) is 14.7. The fourth-order valence-corrected chi connectivity index (χ4v) is 2.17. The van der Waals surface area contributed by atoms with Crippen LogP contribution in [0.3, 0.4) is 0 Å². The number of fused-ring (bicyclic) bond motifs is 1. The maximum atomic E-state index is 12.0. The maximum Gasteiger partial charge on any atom is 0.267 e. The molecule has 0 aliphatic carbocycles. The third-order valence-corrected chi connectivity index (χ3v) is 3.56. The minimum atomic E-state index is -0.392. The molecule has 0 saturated carbocycles. The maximum absolute atomic E-state index is 12.0. The van der Waals surface area contributed by atoms with Crippen molar-refractivity contribution in [3.63, 3.8) is 0 Å². The van der Waals surface area contributed by atoms with E-state index < -0.39 is 6.10 Å². The van der Waals surface area contributed by atoms with E-state index >= 15 is 0 Å². The lowest BCUT2D eigenvalue weighted by Crippen LogP contribution is -2.28. The van der Waals surface area contributed by atoms with Crippen molar-refractivity contribution in [3.05, 3.63) is 35.0 Å². The first-order valence-corrected chi connectivity index (χ1v) is 7.09. The number of hydrogen-bond donors (Lipinski definition) is 3. The minimum Gasteiger partial charge on any atom is -0.393 e. The van der Waals surface area contributed by atoms with Gasteiger partial charge in [0.05, 0.1) is 6.10 Å². The van der Waals surface area contributed by atoms with Crippen LogP contribution in [0.1, 0.15) is 30.8 Å². The number of halogens is 1. The predicted molar refractivity (Wildman–Crippen MR) is 81.1 cm³/mol. The molecule has 108 valence electrons. The molecule has 1 amide bonds. The molecule has 1 heterocycles. The first-order chi connectivity index (χ1) is 9.47. The second-order valence-electron chi connectivity index (χ2n) is 5.27. The summed E-state index contributed by atoms with van der Waals surface area (Å²) < 4.78 is 0. The number of benzene rings is 1. The summed E-state index contributed by atoms with van der Waals surface area (Å²) in [6, 6.07) is 7.21. The van der Waals surface area contributed by atoms with Crippen LogP contribution in [0.15, 0.2) is 24.3 Å². The highest BCUT2D eigenvalue weighted by molar-refractivity contribution is 6.31. The largest absolute Gasteiger partial charge is 0.393 e. The Morgan fingerprint density at radius 3 is 2.85 bits per heavy atom. The molecule has 1 aromatic heterocycles. The molecule has 2 rings (SSSR count). The first kappa shape index (κ1) is 14.9. The Morgan fingerprint density at radius 1 is 1.40 bits per heavy atom. The van der Waals surface area contributed by atoms with Crippen LogP contribution >= 0.6 is 11.6 Å². The van der Waals surface area contributed by atoms with Crippen LogP contribution in [-0.4, -0.2) is 28.6 Å². The van der Waals surface area contributed by atoms with Gasteiger partial charge in [0.1, 0.15) is 5.69 Å². The Balaban J connectivity index is 1.97. The van der Waals surface area contributed by atoms with E-state index in [0.717, 1.165) is 10.9 Å². The molecule has 0 radical (unpaired) electrons. The SMILES string of the molecule is CC(C)C(O)CCNC(=O)c1cc2cc(Cl)ccc2[nH]1. The van der Waals surface area contributed by atoms with E-state index in [1.165, 1.54) is 0 Å². The van der Waals surface area contributed by atoms with Gasteiger partial charge in [-0.3, -0.25) is 4.79 Å². The second-order valence-corrected chi connectivity index (χ2v) is 5.71. The standard InChI is InChI=1S/C15H19ClN2O2/c1-9(2)14(19)5-6-17-15(20)13-8-10-7-11(16)3-4-12(10)18-13/h3-4,7-9,14,18-19H,5-6H2,1-2H3,(H,17,20). The Morgan fingerprint density at radius 2 is 2.15 bits per heavy atom. The number of carbonyl (C=O) groups is 1.